The van der Waals surface area contributed by atoms with Crippen LogP contribution in [0.2, 0.25) is 0 Å². The Kier molecular flexibility index (Phi) is 3.71. The SMILES string of the molecule is CCC1CCCCC1(O)c1cccc(C(N)=O)c1. The zero-order valence-electron chi connectivity index (χ0n) is 10.9. The van der Waals surface area contributed by atoms with Crippen molar-refractivity contribution in [2.24, 2.45) is 11.7 Å². The van der Waals surface area contributed by atoms with Crippen LogP contribution in [0.4, 0.5) is 0 Å². The first-order valence-electron chi connectivity index (χ1n) is 6.70. The molecule has 2 atom stereocenters. The molecule has 3 N–H and O–H groups in total. The second-order valence-corrected chi connectivity index (χ2v) is 5.22. The van der Waals surface area contributed by atoms with E-state index in [0.29, 0.717) is 5.56 Å². The molecule has 0 aromatic heterocycles. The lowest BCUT2D eigenvalue weighted by atomic mass is 9.70. The zero-order chi connectivity index (χ0) is 13.2. The van der Waals surface area contributed by atoms with Gasteiger partial charge in [0.15, 0.2) is 0 Å². The van der Waals surface area contributed by atoms with E-state index >= 15 is 0 Å². The van der Waals surface area contributed by atoms with E-state index in [-0.39, 0.29) is 5.92 Å². The van der Waals surface area contributed by atoms with Crippen molar-refractivity contribution < 1.29 is 9.90 Å². The van der Waals surface area contributed by atoms with Gasteiger partial charge in [0.05, 0.1) is 5.60 Å². The topological polar surface area (TPSA) is 63.3 Å². The van der Waals surface area contributed by atoms with Crippen molar-refractivity contribution in [3.05, 3.63) is 35.4 Å². The minimum absolute atomic E-state index is 0.273. The molecule has 2 rings (SSSR count). The van der Waals surface area contributed by atoms with Crippen LogP contribution in [0.25, 0.3) is 0 Å². The molecular weight excluding hydrogens is 226 g/mol. The number of hydrogen-bond donors (Lipinski definition) is 2. The molecule has 1 aromatic carbocycles. The van der Waals surface area contributed by atoms with Crippen LogP contribution in [0.15, 0.2) is 24.3 Å². The van der Waals surface area contributed by atoms with Gasteiger partial charge in [0.1, 0.15) is 0 Å². The van der Waals surface area contributed by atoms with Crippen molar-refractivity contribution in [2.45, 2.75) is 44.6 Å². The quantitative estimate of drug-likeness (QED) is 0.862. The second-order valence-electron chi connectivity index (χ2n) is 5.22. The summed E-state index contributed by atoms with van der Waals surface area (Å²) in [4.78, 5) is 11.2. The Morgan fingerprint density at radius 1 is 1.50 bits per heavy atom. The molecule has 1 aromatic rings. The maximum absolute atomic E-state index is 11.2. The lowest BCUT2D eigenvalue weighted by Gasteiger charge is -2.40. The van der Waals surface area contributed by atoms with Crippen molar-refractivity contribution in [3.8, 4) is 0 Å². The van der Waals surface area contributed by atoms with Crippen LogP contribution in [0.5, 0.6) is 0 Å². The third-order valence-electron chi connectivity index (χ3n) is 4.18. The number of hydrogen-bond acceptors (Lipinski definition) is 2. The van der Waals surface area contributed by atoms with E-state index in [1.807, 2.05) is 6.07 Å². The highest BCUT2D eigenvalue weighted by Gasteiger charge is 2.39. The first-order chi connectivity index (χ1) is 8.58. The minimum atomic E-state index is -0.793. The number of aliphatic hydroxyl groups is 1. The van der Waals surface area contributed by atoms with Gasteiger partial charge < -0.3 is 10.8 Å². The fourth-order valence-electron chi connectivity index (χ4n) is 3.09. The highest BCUT2D eigenvalue weighted by molar-refractivity contribution is 5.92. The number of carbonyl (C=O) groups excluding carboxylic acids is 1. The van der Waals surface area contributed by atoms with Gasteiger partial charge in [0.2, 0.25) is 5.91 Å². The first kappa shape index (κ1) is 13.1. The molecule has 0 spiro atoms. The second kappa shape index (κ2) is 5.11. The maximum Gasteiger partial charge on any atom is 0.248 e. The molecule has 18 heavy (non-hydrogen) atoms. The maximum atomic E-state index is 11.2. The minimum Gasteiger partial charge on any atom is -0.385 e. The number of nitrogens with two attached hydrogens (primary N) is 1. The molecule has 3 heteroatoms. The number of benzene rings is 1. The molecular formula is C15H21NO2. The third-order valence-corrected chi connectivity index (χ3v) is 4.18. The number of carbonyl (C=O) groups is 1. The van der Waals surface area contributed by atoms with E-state index in [2.05, 4.69) is 6.92 Å². The van der Waals surface area contributed by atoms with Gasteiger partial charge in [0.25, 0.3) is 0 Å². The van der Waals surface area contributed by atoms with Crippen LogP contribution in [-0.2, 0) is 5.60 Å². The summed E-state index contributed by atoms with van der Waals surface area (Å²) in [5.41, 5.74) is 5.82. The van der Waals surface area contributed by atoms with Crippen molar-refractivity contribution in [1.29, 1.82) is 0 Å². The molecule has 0 saturated heterocycles. The Morgan fingerprint density at radius 3 is 2.94 bits per heavy atom. The van der Waals surface area contributed by atoms with E-state index in [0.717, 1.165) is 31.2 Å². The average molecular weight is 247 g/mol. The molecule has 0 aliphatic heterocycles. The summed E-state index contributed by atoms with van der Waals surface area (Å²) < 4.78 is 0. The van der Waals surface area contributed by atoms with E-state index in [4.69, 9.17) is 5.73 Å². The van der Waals surface area contributed by atoms with Gasteiger partial charge in [0, 0.05) is 5.56 Å². The first-order valence-corrected chi connectivity index (χ1v) is 6.70. The van der Waals surface area contributed by atoms with Crippen LogP contribution >= 0.6 is 0 Å². The average Bonchev–Trinajstić information content (AvgIpc) is 2.39. The number of amides is 1. The van der Waals surface area contributed by atoms with Crippen molar-refractivity contribution in [1.82, 2.24) is 0 Å². The smallest absolute Gasteiger partial charge is 0.248 e. The standard InChI is InChI=1S/C15H21NO2/c1-2-12-7-3-4-9-15(12,18)13-8-5-6-11(10-13)14(16)17/h5-6,8,10,12,18H,2-4,7,9H2,1H3,(H2,16,17). The molecule has 1 fully saturated rings. The van der Waals surface area contributed by atoms with Crippen molar-refractivity contribution in [3.63, 3.8) is 0 Å². The monoisotopic (exact) mass is 247 g/mol. The number of rotatable bonds is 3. The molecule has 1 saturated carbocycles. The fraction of sp³-hybridized carbons (Fsp3) is 0.533. The third kappa shape index (κ3) is 2.27. The summed E-state index contributed by atoms with van der Waals surface area (Å²) in [6.07, 6.45) is 4.99. The molecule has 0 heterocycles. The molecule has 0 bridgehead atoms. The van der Waals surface area contributed by atoms with Gasteiger partial charge in [-0.05, 0) is 36.5 Å². The number of primary amides is 1. The molecule has 98 valence electrons. The summed E-state index contributed by atoms with van der Waals surface area (Å²) in [6, 6.07) is 7.14. The summed E-state index contributed by atoms with van der Waals surface area (Å²) in [5.74, 6) is -0.168. The van der Waals surface area contributed by atoms with Crippen LogP contribution < -0.4 is 5.73 Å². The Bertz CT molecular complexity index is 444. The molecule has 1 amide bonds. The highest BCUT2D eigenvalue weighted by atomic mass is 16.3. The van der Waals surface area contributed by atoms with Crippen molar-refractivity contribution >= 4 is 5.91 Å². The Balaban J connectivity index is 2.38. The lowest BCUT2D eigenvalue weighted by molar-refractivity contribution is -0.0557. The van der Waals surface area contributed by atoms with Gasteiger partial charge in [-0.15, -0.1) is 0 Å². The molecule has 3 nitrogen and oxygen atoms in total. The van der Waals surface area contributed by atoms with Gasteiger partial charge >= 0.3 is 0 Å². The van der Waals surface area contributed by atoms with Gasteiger partial charge in [-0.2, -0.15) is 0 Å². The summed E-state index contributed by atoms with van der Waals surface area (Å²) in [5, 5.41) is 11.0. The van der Waals surface area contributed by atoms with Crippen LogP contribution in [0.3, 0.4) is 0 Å². The van der Waals surface area contributed by atoms with Crippen LogP contribution in [0, 0.1) is 5.92 Å². The lowest BCUT2D eigenvalue weighted by Crippen LogP contribution is -2.37. The predicted octanol–water partition coefficient (Wildman–Crippen LogP) is 2.57. The van der Waals surface area contributed by atoms with E-state index in [9.17, 15) is 9.90 Å². The van der Waals surface area contributed by atoms with Crippen LogP contribution in [-0.4, -0.2) is 11.0 Å². The zero-order valence-corrected chi connectivity index (χ0v) is 10.9. The Labute approximate surface area is 108 Å². The van der Waals surface area contributed by atoms with Gasteiger partial charge in [-0.1, -0.05) is 38.3 Å². The molecule has 1 aliphatic carbocycles. The van der Waals surface area contributed by atoms with Gasteiger partial charge in [-0.3, -0.25) is 4.79 Å². The fourth-order valence-corrected chi connectivity index (χ4v) is 3.09. The van der Waals surface area contributed by atoms with E-state index < -0.39 is 11.5 Å². The van der Waals surface area contributed by atoms with E-state index in [1.165, 1.54) is 6.42 Å². The molecule has 2 unspecified atom stereocenters. The largest absolute Gasteiger partial charge is 0.385 e. The summed E-state index contributed by atoms with van der Waals surface area (Å²) in [6.45, 7) is 2.11. The molecule has 0 radical (unpaired) electrons. The predicted molar refractivity (Wildman–Crippen MR) is 71.1 cm³/mol. The normalized spacial score (nSPS) is 28.0. The van der Waals surface area contributed by atoms with Crippen LogP contribution in [0.1, 0.15) is 54.9 Å². The Morgan fingerprint density at radius 2 is 2.28 bits per heavy atom. The Hall–Kier alpha value is -1.35. The van der Waals surface area contributed by atoms with E-state index in [1.54, 1.807) is 18.2 Å². The summed E-state index contributed by atoms with van der Waals surface area (Å²) >= 11 is 0. The molecule has 1 aliphatic rings. The highest BCUT2D eigenvalue weighted by Crippen LogP contribution is 2.43. The summed E-state index contributed by atoms with van der Waals surface area (Å²) in [7, 11) is 0. The van der Waals surface area contributed by atoms with Crippen molar-refractivity contribution in [2.75, 3.05) is 0 Å². The van der Waals surface area contributed by atoms with Gasteiger partial charge in [-0.25, -0.2) is 0 Å².